The number of carbonyl (C=O) groups excluding carboxylic acids is 2. The number of hydrogen-bond acceptors (Lipinski definition) is 2. The topological polar surface area (TPSA) is 58.2 Å². The second-order valence-corrected chi connectivity index (χ2v) is 5.05. The fourth-order valence-corrected chi connectivity index (χ4v) is 0.988. The number of rotatable bonds is 1. The van der Waals surface area contributed by atoms with Crippen molar-refractivity contribution in [3.63, 3.8) is 0 Å². The summed E-state index contributed by atoms with van der Waals surface area (Å²) in [5, 5.41) is 0. The van der Waals surface area contributed by atoms with Crippen molar-refractivity contribution in [1.82, 2.24) is 10.9 Å². The van der Waals surface area contributed by atoms with Crippen molar-refractivity contribution in [2.75, 3.05) is 0 Å². The van der Waals surface area contributed by atoms with Gasteiger partial charge >= 0.3 is 0 Å². The standard InChI is InChI=1S/C9H7Cl3N2O2/c10-9(11,12)8(16)14-13-7(15)6-4-2-1-3-5-6/h1-5H,(H,13,15)(H,14,16). The molecule has 0 bridgehead atoms. The Morgan fingerprint density at radius 1 is 1.00 bits per heavy atom. The van der Waals surface area contributed by atoms with Crippen LogP contribution in [0.1, 0.15) is 10.4 Å². The second-order valence-electron chi connectivity index (χ2n) is 2.77. The van der Waals surface area contributed by atoms with Crippen molar-refractivity contribution >= 4 is 46.6 Å². The van der Waals surface area contributed by atoms with Crippen molar-refractivity contribution in [1.29, 1.82) is 0 Å². The van der Waals surface area contributed by atoms with E-state index in [1.54, 1.807) is 30.3 Å². The molecular weight excluding hydrogens is 274 g/mol. The lowest BCUT2D eigenvalue weighted by Crippen LogP contribution is -2.46. The van der Waals surface area contributed by atoms with Crippen LogP contribution in [0.5, 0.6) is 0 Å². The Morgan fingerprint density at radius 2 is 1.56 bits per heavy atom. The molecule has 2 amide bonds. The summed E-state index contributed by atoms with van der Waals surface area (Å²) in [5.41, 5.74) is 4.48. The fourth-order valence-electron chi connectivity index (χ4n) is 0.846. The maximum Gasteiger partial charge on any atom is 0.290 e. The maximum absolute atomic E-state index is 11.4. The van der Waals surface area contributed by atoms with Crippen LogP contribution in [0.25, 0.3) is 0 Å². The molecule has 0 heterocycles. The monoisotopic (exact) mass is 280 g/mol. The van der Waals surface area contributed by atoms with Crippen molar-refractivity contribution in [2.45, 2.75) is 3.79 Å². The van der Waals surface area contributed by atoms with E-state index in [0.717, 1.165) is 0 Å². The summed E-state index contributed by atoms with van der Waals surface area (Å²) in [4.78, 5) is 22.5. The first-order valence-corrected chi connectivity index (χ1v) is 5.27. The molecule has 4 nitrogen and oxygen atoms in total. The van der Waals surface area contributed by atoms with Crippen molar-refractivity contribution in [3.8, 4) is 0 Å². The largest absolute Gasteiger partial charge is 0.290 e. The first-order valence-electron chi connectivity index (χ1n) is 4.14. The Kier molecular flexibility index (Phi) is 4.41. The summed E-state index contributed by atoms with van der Waals surface area (Å²) < 4.78 is -2.11. The normalized spacial score (nSPS) is 10.7. The van der Waals surface area contributed by atoms with Crippen LogP contribution in [-0.2, 0) is 4.79 Å². The van der Waals surface area contributed by atoms with Gasteiger partial charge in [0.15, 0.2) is 0 Å². The van der Waals surface area contributed by atoms with Gasteiger partial charge in [-0.2, -0.15) is 0 Å². The van der Waals surface area contributed by atoms with Crippen LogP contribution in [0.3, 0.4) is 0 Å². The summed E-state index contributed by atoms with van der Waals surface area (Å²) in [6, 6.07) is 8.29. The van der Waals surface area contributed by atoms with Crippen LogP contribution in [0, 0.1) is 0 Å². The van der Waals surface area contributed by atoms with Crippen molar-refractivity contribution in [3.05, 3.63) is 35.9 Å². The minimum absolute atomic E-state index is 0.382. The van der Waals surface area contributed by atoms with E-state index in [4.69, 9.17) is 34.8 Å². The average Bonchev–Trinajstić information content (AvgIpc) is 2.25. The number of amides is 2. The van der Waals surface area contributed by atoms with Gasteiger partial charge < -0.3 is 0 Å². The molecule has 2 N–H and O–H groups in total. The van der Waals surface area contributed by atoms with Crippen LogP contribution in [0.4, 0.5) is 0 Å². The SMILES string of the molecule is O=C(NNC(=O)C(Cl)(Cl)Cl)c1ccccc1. The van der Waals surface area contributed by atoms with Crippen molar-refractivity contribution in [2.24, 2.45) is 0 Å². The number of benzene rings is 1. The molecule has 0 saturated carbocycles. The number of carbonyl (C=O) groups is 2. The first-order chi connectivity index (χ1) is 7.41. The van der Waals surface area contributed by atoms with Gasteiger partial charge in [0.25, 0.3) is 15.6 Å². The molecule has 16 heavy (non-hydrogen) atoms. The lowest BCUT2D eigenvalue weighted by Gasteiger charge is -2.11. The van der Waals surface area contributed by atoms with Gasteiger partial charge in [-0.1, -0.05) is 53.0 Å². The van der Waals surface area contributed by atoms with Gasteiger partial charge in [0, 0.05) is 5.56 Å². The zero-order chi connectivity index (χ0) is 12.2. The molecular formula is C9H7Cl3N2O2. The van der Waals surface area contributed by atoms with Gasteiger partial charge in [0.05, 0.1) is 0 Å². The molecule has 1 rings (SSSR count). The van der Waals surface area contributed by atoms with Crippen molar-refractivity contribution < 1.29 is 9.59 Å². The quantitative estimate of drug-likeness (QED) is 0.609. The van der Waals surface area contributed by atoms with E-state index in [0.29, 0.717) is 5.56 Å². The molecule has 0 aliphatic rings. The Balaban J connectivity index is 2.52. The highest BCUT2D eigenvalue weighted by molar-refractivity contribution is 6.76. The first kappa shape index (κ1) is 13.1. The van der Waals surface area contributed by atoms with E-state index in [2.05, 4.69) is 5.43 Å². The maximum atomic E-state index is 11.4. The molecule has 7 heteroatoms. The lowest BCUT2D eigenvalue weighted by molar-refractivity contribution is -0.120. The summed E-state index contributed by atoms with van der Waals surface area (Å²) >= 11 is 15.8. The molecule has 0 spiro atoms. The predicted octanol–water partition coefficient (Wildman–Crippen LogP) is 1.82. The van der Waals surface area contributed by atoms with Crippen LogP contribution < -0.4 is 10.9 Å². The van der Waals surface area contributed by atoms with E-state index in [1.807, 2.05) is 5.43 Å². The predicted molar refractivity (Wildman–Crippen MR) is 62.3 cm³/mol. The minimum atomic E-state index is -2.11. The fraction of sp³-hybridized carbons (Fsp3) is 0.111. The molecule has 0 aromatic heterocycles. The van der Waals surface area contributed by atoms with E-state index in [9.17, 15) is 9.59 Å². The molecule has 1 aromatic carbocycles. The Hall–Kier alpha value is -0.970. The molecule has 0 radical (unpaired) electrons. The highest BCUT2D eigenvalue weighted by atomic mass is 35.6. The number of alkyl halides is 3. The second kappa shape index (κ2) is 5.39. The Morgan fingerprint density at radius 3 is 2.06 bits per heavy atom. The lowest BCUT2D eigenvalue weighted by atomic mass is 10.2. The number of nitrogens with one attached hydrogen (secondary N) is 2. The van der Waals surface area contributed by atoms with Crippen LogP contribution in [-0.4, -0.2) is 15.6 Å². The van der Waals surface area contributed by atoms with E-state index in [-0.39, 0.29) is 0 Å². The van der Waals surface area contributed by atoms with Crippen LogP contribution in [0.2, 0.25) is 0 Å². The summed E-state index contributed by atoms with van der Waals surface area (Å²) in [7, 11) is 0. The number of halogens is 3. The summed E-state index contributed by atoms with van der Waals surface area (Å²) in [5.74, 6) is -1.43. The number of hydrazine groups is 1. The van der Waals surface area contributed by atoms with E-state index >= 15 is 0 Å². The van der Waals surface area contributed by atoms with Gasteiger partial charge in [-0.3, -0.25) is 20.4 Å². The summed E-state index contributed by atoms with van der Waals surface area (Å²) in [6.07, 6.45) is 0. The summed E-state index contributed by atoms with van der Waals surface area (Å²) in [6.45, 7) is 0. The van der Waals surface area contributed by atoms with Crippen LogP contribution >= 0.6 is 34.8 Å². The molecule has 1 aromatic rings. The van der Waals surface area contributed by atoms with Gasteiger partial charge in [-0.15, -0.1) is 0 Å². The molecule has 0 fully saturated rings. The van der Waals surface area contributed by atoms with E-state index < -0.39 is 15.6 Å². The zero-order valence-electron chi connectivity index (χ0n) is 7.84. The van der Waals surface area contributed by atoms with Crippen LogP contribution in [0.15, 0.2) is 30.3 Å². The third-order valence-corrected chi connectivity index (χ3v) is 2.10. The highest BCUT2D eigenvalue weighted by Crippen LogP contribution is 2.25. The Labute approximate surface area is 107 Å². The molecule has 0 aliphatic carbocycles. The molecule has 0 saturated heterocycles. The Bertz CT molecular complexity index is 389. The number of hydrogen-bond donors (Lipinski definition) is 2. The van der Waals surface area contributed by atoms with Gasteiger partial charge in [-0.25, -0.2) is 0 Å². The van der Waals surface area contributed by atoms with Gasteiger partial charge in [-0.05, 0) is 12.1 Å². The minimum Gasteiger partial charge on any atom is -0.268 e. The zero-order valence-corrected chi connectivity index (χ0v) is 10.1. The van der Waals surface area contributed by atoms with Gasteiger partial charge in [0.1, 0.15) is 0 Å². The highest BCUT2D eigenvalue weighted by Gasteiger charge is 2.30. The smallest absolute Gasteiger partial charge is 0.268 e. The molecule has 0 atom stereocenters. The molecule has 0 unspecified atom stereocenters. The third-order valence-electron chi connectivity index (χ3n) is 1.58. The molecule has 0 aliphatic heterocycles. The average molecular weight is 282 g/mol. The molecule has 86 valence electrons. The van der Waals surface area contributed by atoms with E-state index in [1.165, 1.54) is 0 Å². The van der Waals surface area contributed by atoms with Gasteiger partial charge in [0.2, 0.25) is 0 Å². The third kappa shape index (κ3) is 3.89.